The Labute approximate surface area is 119 Å². The quantitative estimate of drug-likeness (QED) is 0.697. The Morgan fingerprint density at radius 2 is 1.35 bits per heavy atom. The Hall–Kier alpha value is -1.70. The average Bonchev–Trinajstić information content (AvgIpc) is 2.38. The van der Waals surface area contributed by atoms with E-state index >= 15 is 0 Å². The Morgan fingerprint density at radius 1 is 0.800 bits per heavy atom. The van der Waals surface area contributed by atoms with Gasteiger partial charge in [-0.2, -0.15) is 0 Å². The lowest BCUT2D eigenvalue weighted by molar-refractivity contribution is 0.574. The van der Waals surface area contributed by atoms with E-state index in [1.807, 2.05) is 6.92 Å². The molecule has 0 saturated carbocycles. The molecule has 0 saturated heterocycles. The van der Waals surface area contributed by atoms with Gasteiger partial charge in [0, 0.05) is 6.07 Å². The molecule has 0 bridgehead atoms. The van der Waals surface area contributed by atoms with Crippen LogP contribution in [0.5, 0.6) is 0 Å². The topological polar surface area (TPSA) is 0 Å². The molecule has 2 rings (SSSR count). The second kappa shape index (κ2) is 6.17. The maximum atomic E-state index is 13.2. The third-order valence-electron chi connectivity index (χ3n) is 3.64. The Balaban J connectivity index is 2.12. The molecule has 0 aliphatic heterocycles. The van der Waals surface area contributed by atoms with Crippen molar-refractivity contribution in [2.24, 2.45) is 0 Å². The molecule has 0 N–H and O–H groups in total. The van der Waals surface area contributed by atoms with E-state index in [1.54, 1.807) is 0 Å². The summed E-state index contributed by atoms with van der Waals surface area (Å²) in [6, 6.07) is 12.2. The van der Waals surface area contributed by atoms with Gasteiger partial charge in [0.1, 0.15) is 11.6 Å². The summed E-state index contributed by atoms with van der Waals surface area (Å²) in [5, 5.41) is 0. The summed E-state index contributed by atoms with van der Waals surface area (Å²) in [5.41, 5.74) is 3.19. The summed E-state index contributed by atoms with van der Waals surface area (Å²) >= 11 is 0. The van der Waals surface area contributed by atoms with Crippen LogP contribution in [-0.2, 0) is 6.42 Å². The summed E-state index contributed by atoms with van der Waals surface area (Å²) in [6.45, 7) is 6.31. The van der Waals surface area contributed by atoms with Gasteiger partial charge in [0.25, 0.3) is 0 Å². The molecule has 1 atom stereocenters. The second-order valence-corrected chi connectivity index (χ2v) is 5.70. The predicted octanol–water partition coefficient (Wildman–Crippen LogP) is 5.43. The number of halogens is 2. The average molecular weight is 274 g/mol. The molecule has 20 heavy (non-hydrogen) atoms. The summed E-state index contributed by atoms with van der Waals surface area (Å²) in [6.07, 6.45) is 0.779. The minimum Gasteiger partial charge on any atom is -0.207 e. The van der Waals surface area contributed by atoms with E-state index in [0.29, 0.717) is 11.5 Å². The highest BCUT2D eigenvalue weighted by molar-refractivity contribution is 5.28. The van der Waals surface area contributed by atoms with Crippen molar-refractivity contribution < 1.29 is 8.78 Å². The largest absolute Gasteiger partial charge is 0.207 e. The van der Waals surface area contributed by atoms with Crippen molar-refractivity contribution in [2.75, 3.05) is 0 Å². The molecule has 106 valence electrons. The lowest BCUT2D eigenvalue weighted by Crippen LogP contribution is -2.00. The van der Waals surface area contributed by atoms with E-state index in [9.17, 15) is 8.78 Å². The zero-order valence-corrected chi connectivity index (χ0v) is 12.2. The lowest BCUT2D eigenvalue weighted by atomic mass is 9.92. The fourth-order valence-electron chi connectivity index (χ4n) is 2.37. The zero-order valence-electron chi connectivity index (χ0n) is 12.2. The molecule has 0 aliphatic rings. The molecule has 0 fully saturated rings. The first-order valence-corrected chi connectivity index (χ1v) is 7.00. The maximum absolute atomic E-state index is 13.2. The van der Waals surface area contributed by atoms with Gasteiger partial charge >= 0.3 is 0 Å². The van der Waals surface area contributed by atoms with E-state index in [-0.39, 0.29) is 5.92 Å². The van der Waals surface area contributed by atoms with E-state index in [1.165, 1.54) is 23.3 Å². The minimum absolute atomic E-state index is 0.0881. The molecule has 2 aromatic carbocycles. The molecule has 2 aromatic rings. The van der Waals surface area contributed by atoms with E-state index in [2.05, 4.69) is 38.1 Å². The van der Waals surface area contributed by atoms with Crippen LogP contribution in [0.2, 0.25) is 0 Å². The highest BCUT2D eigenvalue weighted by Gasteiger charge is 2.10. The van der Waals surface area contributed by atoms with Crippen LogP contribution in [-0.4, -0.2) is 0 Å². The van der Waals surface area contributed by atoms with Gasteiger partial charge in [0.2, 0.25) is 0 Å². The van der Waals surface area contributed by atoms with Gasteiger partial charge in [-0.3, -0.25) is 0 Å². The van der Waals surface area contributed by atoms with Gasteiger partial charge in [0.15, 0.2) is 0 Å². The smallest absolute Gasteiger partial charge is 0.126 e. The summed E-state index contributed by atoms with van der Waals surface area (Å²) in [7, 11) is 0. The number of hydrogen-bond acceptors (Lipinski definition) is 0. The van der Waals surface area contributed by atoms with Crippen molar-refractivity contribution in [1.29, 1.82) is 0 Å². The SMILES string of the molecule is CC(C)c1ccc(CC(C)c2cc(F)cc(F)c2)cc1. The van der Waals surface area contributed by atoms with Crippen LogP contribution in [0.15, 0.2) is 42.5 Å². The van der Waals surface area contributed by atoms with Crippen LogP contribution in [0.1, 0.15) is 49.3 Å². The molecule has 1 unspecified atom stereocenters. The van der Waals surface area contributed by atoms with E-state index in [0.717, 1.165) is 12.5 Å². The number of rotatable bonds is 4. The standard InChI is InChI=1S/C18H20F2/c1-12(2)15-6-4-14(5-7-15)8-13(3)16-9-17(19)11-18(20)10-16/h4-7,9-13H,8H2,1-3H3. The lowest BCUT2D eigenvalue weighted by Gasteiger charge is -2.13. The van der Waals surface area contributed by atoms with Crippen LogP contribution in [0.25, 0.3) is 0 Å². The van der Waals surface area contributed by atoms with Crippen molar-refractivity contribution in [3.63, 3.8) is 0 Å². The van der Waals surface area contributed by atoms with Crippen LogP contribution in [0.3, 0.4) is 0 Å². The molecule has 2 heteroatoms. The van der Waals surface area contributed by atoms with Crippen molar-refractivity contribution >= 4 is 0 Å². The Kier molecular flexibility index (Phi) is 4.53. The molecule has 0 radical (unpaired) electrons. The van der Waals surface area contributed by atoms with Crippen molar-refractivity contribution in [1.82, 2.24) is 0 Å². The maximum Gasteiger partial charge on any atom is 0.126 e. The number of benzene rings is 2. The Morgan fingerprint density at radius 3 is 1.85 bits per heavy atom. The molecular formula is C18H20F2. The molecule has 0 aromatic heterocycles. The van der Waals surface area contributed by atoms with Gasteiger partial charge in [-0.1, -0.05) is 45.0 Å². The fourth-order valence-corrected chi connectivity index (χ4v) is 2.37. The first kappa shape index (κ1) is 14.7. The van der Waals surface area contributed by atoms with Gasteiger partial charge in [-0.25, -0.2) is 8.78 Å². The van der Waals surface area contributed by atoms with E-state index < -0.39 is 11.6 Å². The third kappa shape index (κ3) is 3.66. The highest BCUT2D eigenvalue weighted by atomic mass is 19.1. The molecule has 0 amide bonds. The number of hydrogen-bond donors (Lipinski definition) is 0. The van der Waals surface area contributed by atoms with Crippen LogP contribution >= 0.6 is 0 Å². The summed E-state index contributed by atoms with van der Waals surface area (Å²) in [4.78, 5) is 0. The monoisotopic (exact) mass is 274 g/mol. The van der Waals surface area contributed by atoms with Crippen LogP contribution in [0, 0.1) is 11.6 Å². The van der Waals surface area contributed by atoms with Gasteiger partial charge in [0.05, 0.1) is 0 Å². The third-order valence-corrected chi connectivity index (χ3v) is 3.64. The van der Waals surface area contributed by atoms with Crippen LogP contribution in [0.4, 0.5) is 8.78 Å². The Bertz CT molecular complexity index is 550. The van der Waals surface area contributed by atoms with Crippen molar-refractivity contribution in [3.8, 4) is 0 Å². The van der Waals surface area contributed by atoms with Gasteiger partial charge < -0.3 is 0 Å². The predicted molar refractivity (Wildman–Crippen MR) is 79.0 cm³/mol. The summed E-state index contributed by atoms with van der Waals surface area (Å²) < 4.78 is 26.5. The van der Waals surface area contributed by atoms with Gasteiger partial charge in [-0.05, 0) is 47.1 Å². The summed E-state index contributed by atoms with van der Waals surface area (Å²) in [5.74, 6) is -0.423. The molecular weight excluding hydrogens is 254 g/mol. The van der Waals surface area contributed by atoms with Crippen LogP contribution < -0.4 is 0 Å². The molecule has 0 aliphatic carbocycles. The molecule has 0 nitrogen and oxygen atoms in total. The normalized spacial score (nSPS) is 12.7. The molecule has 0 heterocycles. The van der Waals surface area contributed by atoms with E-state index in [4.69, 9.17) is 0 Å². The minimum atomic E-state index is -0.512. The second-order valence-electron chi connectivity index (χ2n) is 5.70. The first-order chi connectivity index (χ1) is 9.45. The van der Waals surface area contributed by atoms with Gasteiger partial charge in [-0.15, -0.1) is 0 Å². The molecule has 0 spiro atoms. The highest BCUT2D eigenvalue weighted by Crippen LogP contribution is 2.23. The first-order valence-electron chi connectivity index (χ1n) is 7.00. The fraction of sp³-hybridized carbons (Fsp3) is 0.333. The van der Waals surface area contributed by atoms with Crippen molar-refractivity contribution in [2.45, 2.75) is 39.0 Å². The van der Waals surface area contributed by atoms with Crippen molar-refractivity contribution in [3.05, 3.63) is 70.8 Å². The zero-order chi connectivity index (χ0) is 14.7.